The minimum atomic E-state index is 1.16. The molecule has 2 nitrogen and oxygen atoms in total. The van der Waals surface area contributed by atoms with E-state index < -0.39 is 0 Å². The Morgan fingerprint density at radius 1 is 0.300 bits per heavy atom. The van der Waals surface area contributed by atoms with E-state index >= 15 is 0 Å². The summed E-state index contributed by atoms with van der Waals surface area (Å²) in [6.45, 7) is 0. The van der Waals surface area contributed by atoms with Crippen molar-refractivity contribution in [1.82, 2.24) is 9.13 Å². The summed E-state index contributed by atoms with van der Waals surface area (Å²) < 4.78 is 4.90. The summed E-state index contributed by atoms with van der Waals surface area (Å²) in [6.07, 6.45) is 0. The molecule has 0 saturated carbocycles. The van der Waals surface area contributed by atoms with Crippen molar-refractivity contribution in [3.8, 4) is 44.8 Å². The highest BCUT2D eigenvalue weighted by atomic mass is 15.0. The minimum Gasteiger partial charge on any atom is -0.309 e. The van der Waals surface area contributed by atoms with Gasteiger partial charge in [0, 0.05) is 38.4 Å². The molecule has 10 aromatic rings. The van der Waals surface area contributed by atoms with Gasteiger partial charge in [-0.2, -0.15) is 0 Å². The highest BCUT2D eigenvalue weighted by molar-refractivity contribution is 6.18. The van der Waals surface area contributed by atoms with E-state index in [2.05, 4.69) is 203 Å². The first-order chi connectivity index (χ1) is 24.8. The van der Waals surface area contributed by atoms with Gasteiger partial charge in [0.25, 0.3) is 0 Å². The van der Waals surface area contributed by atoms with Gasteiger partial charge in [-0.05, 0) is 64.7 Å². The van der Waals surface area contributed by atoms with Crippen LogP contribution in [0.5, 0.6) is 0 Å². The molecule has 2 heteroatoms. The summed E-state index contributed by atoms with van der Waals surface area (Å²) in [4.78, 5) is 0. The fourth-order valence-corrected chi connectivity index (χ4v) is 7.98. The average molecular weight is 637 g/mol. The molecular formula is C48H32N2. The molecule has 0 aliphatic heterocycles. The monoisotopic (exact) mass is 636 g/mol. The quantitative estimate of drug-likeness (QED) is 0.178. The third kappa shape index (κ3) is 4.36. The van der Waals surface area contributed by atoms with Gasteiger partial charge in [-0.25, -0.2) is 0 Å². The van der Waals surface area contributed by atoms with Crippen molar-refractivity contribution in [3.05, 3.63) is 194 Å². The second kappa shape index (κ2) is 11.5. The summed E-state index contributed by atoms with van der Waals surface area (Å²) in [7, 11) is 0. The number of nitrogens with zero attached hydrogens (tertiary/aromatic N) is 2. The van der Waals surface area contributed by atoms with Crippen molar-refractivity contribution < 1.29 is 0 Å². The lowest BCUT2D eigenvalue weighted by Gasteiger charge is -2.17. The topological polar surface area (TPSA) is 9.86 Å². The smallest absolute Gasteiger partial charge is 0.0619 e. The zero-order valence-corrected chi connectivity index (χ0v) is 27.4. The standard InChI is InChI=1S/C48H32N2/c1-4-16-33(17-5-1)35-30-31-45-42(32-35)40-26-14-24-37(34-18-6-2-7-19-34)48(40)50(45)43-27-12-10-22-38(43)39-25-15-29-46-47(39)41-23-11-13-28-44(41)49(46)36-20-8-3-9-21-36/h1-32H. The van der Waals surface area contributed by atoms with E-state index in [1.54, 1.807) is 0 Å². The fraction of sp³-hybridized carbons (Fsp3) is 0. The molecule has 0 unspecified atom stereocenters. The van der Waals surface area contributed by atoms with Gasteiger partial charge in [0.15, 0.2) is 0 Å². The van der Waals surface area contributed by atoms with Crippen LogP contribution in [0, 0.1) is 0 Å². The lowest BCUT2D eigenvalue weighted by Crippen LogP contribution is -1.99. The third-order valence-electron chi connectivity index (χ3n) is 10.1. The Hall–Kier alpha value is -6.64. The lowest BCUT2D eigenvalue weighted by molar-refractivity contribution is 1.18. The van der Waals surface area contributed by atoms with E-state index in [0.717, 1.165) is 11.4 Å². The molecule has 0 aliphatic rings. The van der Waals surface area contributed by atoms with E-state index in [1.165, 1.54) is 77.0 Å². The maximum atomic E-state index is 2.51. The predicted molar refractivity (Wildman–Crippen MR) is 211 cm³/mol. The van der Waals surface area contributed by atoms with Gasteiger partial charge in [-0.15, -0.1) is 0 Å². The average Bonchev–Trinajstić information content (AvgIpc) is 3.72. The third-order valence-corrected chi connectivity index (χ3v) is 10.1. The van der Waals surface area contributed by atoms with E-state index in [1.807, 2.05) is 0 Å². The molecule has 0 aliphatic carbocycles. The van der Waals surface area contributed by atoms with Crippen LogP contribution in [0.2, 0.25) is 0 Å². The largest absolute Gasteiger partial charge is 0.309 e. The summed E-state index contributed by atoms with van der Waals surface area (Å²) in [5.41, 5.74) is 14.4. The number of hydrogen-bond acceptors (Lipinski definition) is 0. The van der Waals surface area contributed by atoms with Gasteiger partial charge < -0.3 is 9.13 Å². The van der Waals surface area contributed by atoms with E-state index in [4.69, 9.17) is 0 Å². The first-order valence-corrected chi connectivity index (χ1v) is 17.2. The Balaban J connectivity index is 1.31. The van der Waals surface area contributed by atoms with Crippen molar-refractivity contribution in [2.75, 3.05) is 0 Å². The van der Waals surface area contributed by atoms with Crippen molar-refractivity contribution >= 4 is 43.6 Å². The molecule has 2 heterocycles. The van der Waals surface area contributed by atoms with Crippen LogP contribution in [0.4, 0.5) is 0 Å². The Bertz CT molecular complexity index is 2840. The van der Waals surface area contributed by atoms with Gasteiger partial charge in [-0.3, -0.25) is 0 Å². The first-order valence-electron chi connectivity index (χ1n) is 17.2. The lowest BCUT2D eigenvalue weighted by atomic mass is 9.97. The molecular weight excluding hydrogens is 605 g/mol. The molecule has 8 aromatic carbocycles. The van der Waals surface area contributed by atoms with Gasteiger partial charge >= 0.3 is 0 Å². The molecule has 0 N–H and O–H groups in total. The number of rotatable bonds is 5. The Morgan fingerprint density at radius 2 is 0.880 bits per heavy atom. The fourth-order valence-electron chi connectivity index (χ4n) is 7.98. The van der Waals surface area contributed by atoms with E-state index in [0.29, 0.717) is 0 Å². The molecule has 0 atom stereocenters. The maximum absolute atomic E-state index is 2.51. The summed E-state index contributed by atoms with van der Waals surface area (Å²) >= 11 is 0. The molecule has 0 amide bonds. The summed E-state index contributed by atoms with van der Waals surface area (Å²) in [5.74, 6) is 0. The maximum Gasteiger partial charge on any atom is 0.0619 e. The number of fused-ring (bicyclic) bond motifs is 6. The molecule has 0 spiro atoms. The van der Waals surface area contributed by atoms with Crippen LogP contribution in [0.25, 0.3) is 88.4 Å². The molecule has 234 valence electrons. The highest BCUT2D eigenvalue weighted by Crippen LogP contribution is 2.44. The molecule has 50 heavy (non-hydrogen) atoms. The second-order valence-electron chi connectivity index (χ2n) is 12.9. The van der Waals surface area contributed by atoms with Gasteiger partial charge in [0.1, 0.15) is 0 Å². The van der Waals surface area contributed by atoms with Crippen LogP contribution in [-0.2, 0) is 0 Å². The van der Waals surface area contributed by atoms with Crippen molar-refractivity contribution in [3.63, 3.8) is 0 Å². The molecule has 0 saturated heterocycles. The molecule has 0 radical (unpaired) electrons. The Kier molecular flexibility index (Phi) is 6.53. The SMILES string of the molecule is c1ccc(-c2ccc3c(c2)c2cccc(-c4ccccc4)c2n3-c2ccccc2-c2cccc3c2c2ccccc2n3-c2ccccc2)cc1. The summed E-state index contributed by atoms with van der Waals surface area (Å²) in [5, 5.41) is 4.99. The van der Waals surface area contributed by atoms with Crippen LogP contribution >= 0.6 is 0 Å². The van der Waals surface area contributed by atoms with Crippen LogP contribution in [0.15, 0.2) is 194 Å². The Morgan fingerprint density at radius 3 is 1.70 bits per heavy atom. The molecule has 10 rings (SSSR count). The second-order valence-corrected chi connectivity index (χ2v) is 12.9. The normalized spacial score (nSPS) is 11.6. The number of benzene rings is 8. The van der Waals surface area contributed by atoms with Crippen molar-refractivity contribution in [2.24, 2.45) is 0 Å². The van der Waals surface area contributed by atoms with Crippen LogP contribution < -0.4 is 0 Å². The van der Waals surface area contributed by atoms with Crippen molar-refractivity contribution in [1.29, 1.82) is 0 Å². The van der Waals surface area contributed by atoms with Crippen molar-refractivity contribution in [2.45, 2.75) is 0 Å². The Labute approximate surface area is 290 Å². The van der Waals surface area contributed by atoms with E-state index in [9.17, 15) is 0 Å². The predicted octanol–water partition coefficient (Wildman–Crippen LogP) is 12.9. The van der Waals surface area contributed by atoms with Gasteiger partial charge in [0.2, 0.25) is 0 Å². The molecule has 0 bridgehead atoms. The number of aromatic nitrogens is 2. The van der Waals surface area contributed by atoms with Crippen LogP contribution in [0.1, 0.15) is 0 Å². The zero-order valence-electron chi connectivity index (χ0n) is 27.4. The minimum absolute atomic E-state index is 1.16. The number of hydrogen-bond donors (Lipinski definition) is 0. The first kappa shape index (κ1) is 28.4. The molecule has 0 fully saturated rings. The molecule has 2 aromatic heterocycles. The van der Waals surface area contributed by atoms with Crippen LogP contribution in [-0.4, -0.2) is 9.13 Å². The highest BCUT2D eigenvalue weighted by Gasteiger charge is 2.22. The number of para-hydroxylation sites is 4. The zero-order chi connectivity index (χ0) is 33.0. The van der Waals surface area contributed by atoms with Crippen LogP contribution in [0.3, 0.4) is 0 Å². The van der Waals surface area contributed by atoms with Gasteiger partial charge in [0.05, 0.1) is 27.8 Å². The van der Waals surface area contributed by atoms with Gasteiger partial charge in [-0.1, -0.05) is 152 Å². The summed E-state index contributed by atoms with van der Waals surface area (Å²) in [6, 6.07) is 70.4. The van der Waals surface area contributed by atoms with E-state index in [-0.39, 0.29) is 0 Å².